The standard InChI is InChI=1S/C18H23N5O3/c1-5-24-14-8-6-7-13-9-15(25-17(13)14)11(2)21-18(19-4)20-10-16-22-12(3)26-23-16/h6-9,11H,5,10H2,1-4H3,(H2,19,20,21). The highest BCUT2D eigenvalue weighted by atomic mass is 16.5. The van der Waals surface area contributed by atoms with Gasteiger partial charge in [0.25, 0.3) is 0 Å². The summed E-state index contributed by atoms with van der Waals surface area (Å²) < 4.78 is 16.6. The van der Waals surface area contributed by atoms with Crippen molar-refractivity contribution >= 4 is 16.9 Å². The van der Waals surface area contributed by atoms with Gasteiger partial charge in [-0.05, 0) is 26.0 Å². The summed E-state index contributed by atoms with van der Waals surface area (Å²) in [5, 5.41) is 11.3. The first-order chi connectivity index (χ1) is 12.6. The third-order valence-electron chi connectivity index (χ3n) is 3.81. The van der Waals surface area contributed by atoms with Crippen LogP contribution in [0.2, 0.25) is 0 Å². The summed E-state index contributed by atoms with van der Waals surface area (Å²) in [6.07, 6.45) is 0. The smallest absolute Gasteiger partial charge is 0.223 e. The zero-order valence-electron chi connectivity index (χ0n) is 15.4. The average Bonchev–Trinajstić information content (AvgIpc) is 3.25. The van der Waals surface area contributed by atoms with Crippen LogP contribution in [0, 0.1) is 6.92 Å². The fraction of sp³-hybridized carbons (Fsp3) is 0.389. The molecule has 0 saturated heterocycles. The highest BCUT2D eigenvalue weighted by Crippen LogP contribution is 2.31. The van der Waals surface area contributed by atoms with Crippen molar-refractivity contribution in [1.29, 1.82) is 0 Å². The van der Waals surface area contributed by atoms with Gasteiger partial charge in [-0.3, -0.25) is 4.99 Å². The Kier molecular flexibility index (Phi) is 5.40. The topological polar surface area (TPSA) is 97.7 Å². The first-order valence-electron chi connectivity index (χ1n) is 8.52. The lowest BCUT2D eigenvalue weighted by molar-refractivity contribution is 0.336. The predicted molar refractivity (Wildman–Crippen MR) is 98.2 cm³/mol. The van der Waals surface area contributed by atoms with Gasteiger partial charge >= 0.3 is 0 Å². The summed E-state index contributed by atoms with van der Waals surface area (Å²) in [5.74, 6) is 3.27. The van der Waals surface area contributed by atoms with E-state index in [1.54, 1.807) is 14.0 Å². The van der Waals surface area contributed by atoms with Gasteiger partial charge < -0.3 is 24.3 Å². The maximum Gasteiger partial charge on any atom is 0.223 e. The van der Waals surface area contributed by atoms with Crippen molar-refractivity contribution in [2.24, 2.45) is 4.99 Å². The largest absolute Gasteiger partial charge is 0.490 e. The molecule has 3 aromatic rings. The molecule has 0 aliphatic heterocycles. The van der Waals surface area contributed by atoms with Crippen LogP contribution in [0.1, 0.15) is 37.4 Å². The number of guanidine groups is 1. The molecule has 2 heterocycles. The second-order valence-corrected chi connectivity index (χ2v) is 5.78. The van der Waals surface area contributed by atoms with E-state index in [0.717, 1.165) is 22.5 Å². The minimum absolute atomic E-state index is 0.0879. The number of benzene rings is 1. The molecule has 1 atom stereocenters. The molecule has 1 unspecified atom stereocenters. The first kappa shape index (κ1) is 17.8. The lowest BCUT2D eigenvalue weighted by atomic mass is 10.2. The zero-order chi connectivity index (χ0) is 18.5. The van der Waals surface area contributed by atoms with Crippen molar-refractivity contribution in [2.75, 3.05) is 13.7 Å². The minimum Gasteiger partial charge on any atom is -0.490 e. The van der Waals surface area contributed by atoms with Gasteiger partial charge in [0.1, 0.15) is 5.76 Å². The van der Waals surface area contributed by atoms with Crippen molar-refractivity contribution in [1.82, 2.24) is 20.8 Å². The van der Waals surface area contributed by atoms with Gasteiger partial charge in [0.15, 0.2) is 23.1 Å². The maximum atomic E-state index is 6.02. The first-order valence-corrected chi connectivity index (χ1v) is 8.52. The minimum atomic E-state index is -0.0879. The Balaban J connectivity index is 1.68. The fourth-order valence-electron chi connectivity index (χ4n) is 2.59. The van der Waals surface area contributed by atoms with E-state index in [4.69, 9.17) is 13.7 Å². The summed E-state index contributed by atoms with van der Waals surface area (Å²) in [4.78, 5) is 8.37. The zero-order valence-corrected chi connectivity index (χ0v) is 15.4. The van der Waals surface area contributed by atoms with Gasteiger partial charge in [-0.15, -0.1) is 0 Å². The number of aromatic nitrogens is 2. The molecular formula is C18H23N5O3. The normalized spacial score (nSPS) is 13.0. The van der Waals surface area contributed by atoms with E-state index >= 15 is 0 Å². The van der Waals surface area contributed by atoms with Gasteiger partial charge in [0.2, 0.25) is 5.89 Å². The Bertz CT molecular complexity index is 899. The van der Waals surface area contributed by atoms with Crippen molar-refractivity contribution in [3.05, 3.63) is 41.7 Å². The van der Waals surface area contributed by atoms with Crippen LogP contribution in [0.4, 0.5) is 0 Å². The number of nitrogens with one attached hydrogen (secondary N) is 2. The molecule has 0 amide bonds. The fourth-order valence-corrected chi connectivity index (χ4v) is 2.59. The number of rotatable bonds is 6. The van der Waals surface area contributed by atoms with E-state index in [0.29, 0.717) is 30.8 Å². The van der Waals surface area contributed by atoms with Gasteiger partial charge in [0, 0.05) is 19.4 Å². The lowest BCUT2D eigenvalue weighted by Crippen LogP contribution is -2.38. The Hall–Kier alpha value is -3.03. The molecule has 0 bridgehead atoms. The van der Waals surface area contributed by atoms with Crippen LogP contribution in [-0.2, 0) is 6.54 Å². The molecule has 3 rings (SSSR count). The number of furan rings is 1. The molecule has 0 saturated carbocycles. The number of nitrogens with zero attached hydrogens (tertiary/aromatic N) is 3. The number of ether oxygens (including phenoxy) is 1. The van der Waals surface area contributed by atoms with Crippen LogP contribution < -0.4 is 15.4 Å². The lowest BCUT2D eigenvalue weighted by Gasteiger charge is -2.15. The summed E-state index contributed by atoms with van der Waals surface area (Å²) in [6, 6.07) is 7.78. The number of para-hydroxylation sites is 1. The summed E-state index contributed by atoms with van der Waals surface area (Å²) in [6.45, 7) is 6.72. The number of hydrogen-bond acceptors (Lipinski definition) is 6. The Labute approximate surface area is 151 Å². The number of aryl methyl sites for hydroxylation is 1. The Morgan fingerprint density at radius 3 is 2.92 bits per heavy atom. The molecule has 8 heteroatoms. The van der Waals surface area contributed by atoms with Crippen molar-refractivity contribution in [3.8, 4) is 5.75 Å². The van der Waals surface area contributed by atoms with Gasteiger partial charge in [-0.25, -0.2) is 0 Å². The van der Waals surface area contributed by atoms with E-state index in [1.807, 2.05) is 38.1 Å². The molecule has 138 valence electrons. The Morgan fingerprint density at radius 2 is 2.23 bits per heavy atom. The van der Waals surface area contributed by atoms with Crippen LogP contribution in [0.15, 0.2) is 38.2 Å². The predicted octanol–water partition coefficient (Wildman–Crippen LogP) is 2.95. The van der Waals surface area contributed by atoms with Gasteiger partial charge in [-0.1, -0.05) is 17.3 Å². The number of hydrogen-bond donors (Lipinski definition) is 2. The second kappa shape index (κ2) is 7.90. The highest BCUT2D eigenvalue weighted by molar-refractivity contribution is 5.84. The maximum absolute atomic E-state index is 6.02. The number of aliphatic imine (C=N–C) groups is 1. The summed E-state index contributed by atoms with van der Waals surface area (Å²) in [7, 11) is 1.70. The molecule has 0 aliphatic rings. The van der Waals surface area contributed by atoms with E-state index in [-0.39, 0.29) is 6.04 Å². The molecule has 2 aromatic heterocycles. The molecule has 1 aromatic carbocycles. The average molecular weight is 357 g/mol. The molecule has 0 aliphatic carbocycles. The van der Waals surface area contributed by atoms with Gasteiger partial charge in [0.05, 0.1) is 19.2 Å². The summed E-state index contributed by atoms with van der Waals surface area (Å²) in [5.41, 5.74) is 0.753. The molecule has 26 heavy (non-hydrogen) atoms. The van der Waals surface area contributed by atoms with Crippen molar-refractivity contribution < 1.29 is 13.7 Å². The van der Waals surface area contributed by atoms with Crippen LogP contribution in [0.5, 0.6) is 5.75 Å². The molecule has 0 radical (unpaired) electrons. The van der Waals surface area contributed by atoms with E-state index in [2.05, 4.69) is 25.8 Å². The molecule has 0 fully saturated rings. The third-order valence-corrected chi connectivity index (χ3v) is 3.81. The number of fused-ring (bicyclic) bond motifs is 1. The Morgan fingerprint density at radius 1 is 1.38 bits per heavy atom. The van der Waals surface area contributed by atoms with Crippen LogP contribution in [-0.4, -0.2) is 29.8 Å². The quantitative estimate of drug-likeness (QED) is 0.517. The second-order valence-electron chi connectivity index (χ2n) is 5.78. The third kappa shape index (κ3) is 3.96. The van der Waals surface area contributed by atoms with Crippen LogP contribution in [0.25, 0.3) is 11.0 Å². The van der Waals surface area contributed by atoms with E-state index in [1.165, 1.54) is 0 Å². The van der Waals surface area contributed by atoms with Crippen LogP contribution >= 0.6 is 0 Å². The summed E-state index contributed by atoms with van der Waals surface area (Å²) >= 11 is 0. The van der Waals surface area contributed by atoms with Crippen LogP contribution in [0.3, 0.4) is 0 Å². The highest BCUT2D eigenvalue weighted by Gasteiger charge is 2.15. The van der Waals surface area contributed by atoms with Crippen molar-refractivity contribution in [2.45, 2.75) is 33.4 Å². The monoisotopic (exact) mass is 357 g/mol. The van der Waals surface area contributed by atoms with E-state index in [9.17, 15) is 0 Å². The molecule has 0 spiro atoms. The molecule has 8 nitrogen and oxygen atoms in total. The molecular weight excluding hydrogens is 334 g/mol. The van der Waals surface area contributed by atoms with Crippen molar-refractivity contribution in [3.63, 3.8) is 0 Å². The SMILES string of the molecule is CCOc1cccc2cc(C(C)NC(=NC)NCc3noc(C)n3)oc12. The molecule has 2 N–H and O–H groups in total. The van der Waals surface area contributed by atoms with Gasteiger partial charge in [-0.2, -0.15) is 4.98 Å². The van der Waals surface area contributed by atoms with E-state index < -0.39 is 0 Å².